The van der Waals surface area contributed by atoms with Crippen molar-refractivity contribution in [2.24, 2.45) is 5.92 Å². The zero-order valence-corrected chi connectivity index (χ0v) is 11.1. The Hall–Kier alpha value is -2.30. The lowest BCUT2D eigenvalue weighted by Gasteiger charge is -2.21. The summed E-state index contributed by atoms with van der Waals surface area (Å²) in [5.41, 5.74) is 1.58. The highest BCUT2D eigenvalue weighted by molar-refractivity contribution is 5.89. The minimum atomic E-state index is -0.832. The van der Waals surface area contributed by atoms with Crippen molar-refractivity contribution in [3.8, 4) is 0 Å². The van der Waals surface area contributed by atoms with Gasteiger partial charge < -0.3 is 9.84 Å². The lowest BCUT2D eigenvalue weighted by Crippen LogP contribution is -2.33. The molecule has 20 heavy (non-hydrogen) atoms. The topological polar surface area (TPSA) is 66.8 Å². The Morgan fingerprint density at radius 1 is 1.45 bits per heavy atom. The van der Waals surface area contributed by atoms with Gasteiger partial charge in [-0.05, 0) is 24.5 Å². The van der Waals surface area contributed by atoms with Crippen LogP contribution >= 0.6 is 0 Å². The number of ether oxygens (including phenoxy) is 1. The fourth-order valence-electron chi connectivity index (χ4n) is 2.33. The van der Waals surface area contributed by atoms with Gasteiger partial charge in [0.05, 0.1) is 11.6 Å². The number of fused-ring (bicyclic) bond motifs is 1. The maximum Gasteiger partial charge on any atom is 0.414 e. The van der Waals surface area contributed by atoms with E-state index in [1.54, 1.807) is 0 Å². The second kappa shape index (κ2) is 6.23. The van der Waals surface area contributed by atoms with Gasteiger partial charge >= 0.3 is 12.1 Å². The van der Waals surface area contributed by atoms with Crippen molar-refractivity contribution in [1.82, 2.24) is 0 Å². The van der Waals surface area contributed by atoms with Gasteiger partial charge in [0.15, 0.2) is 0 Å². The normalized spacial score (nSPS) is 17.8. The van der Waals surface area contributed by atoms with E-state index in [1.807, 2.05) is 24.3 Å². The van der Waals surface area contributed by atoms with Gasteiger partial charge in [0.1, 0.15) is 6.61 Å². The first-order valence-corrected chi connectivity index (χ1v) is 6.49. The van der Waals surface area contributed by atoms with E-state index in [0.29, 0.717) is 19.4 Å². The largest absolute Gasteiger partial charge is 0.481 e. The summed E-state index contributed by atoms with van der Waals surface area (Å²) >= 11 is 0. The van der Waals surface area contributed by atoms with Crippen molar-refractivity contribution >= 4 is 17.7 Å². The molecule has 1 atom stereocenters. The molecule has 1 heterocycles. The molecule has 0 aromatic heterocycles. The number of carboxylic acid groups (broad SMARTS) is 1. The van der Waals surface area contributed by atoms with E-state index in [4.69, 9.17) is 4.74 Å². The number of benzene rings is 1. The van der Waals surface area contributed by atoms with Crippen molar-refractivity contribution < 1.29 is 19.4 Å². The third-order valence-electron chi connectivity index (χ3n) is 3.34. The van der Waals surface area contributed by atoms with Crippen LogP contribution in [0.15, 0.2) is 36.9 Å². The maximum atomic E-state index is 12.1. The van der Waals surface area contributed by atoms with E-state index < -0.39 is 18.0 Å². The molecule has 106 valence electrons. The van der Waals surface area contributed by atoms with Gasteiger partial charge in [-0.1, -0.05) is 30.9 Å². The average Bonchev–Trinajstić information content (AvgIpc) is 2.64. The summed E-state index contributed by atoms with van der Waals surface area (Å²) in [4.78, 5) is 24.8. The maximum absolute atomic E-state index is 12.1. The molecule has 5 heteroatoms. The number of nitrogens with zero attached hydrogens (tertiary/aromatic N) is 1. The number of para-hydroxylation sites is 1. The molecule has 0 saturated heterocycles. The smallest absolute Gasteiger partial charge is 0.414 e. The van der Waals surface area contributed by atoms with Crippen LogP contribution in [0.2, 0.25) is 0 Å². The minimum Gasteiger partial charge on any atom is -0.481 e. The molecule has 1 N–H and O–H groups in total. The molecule has 1 amide bonds. The Kier molecular flexibility index (Phi) is 4.40. The Bertz CT molecular complexity index is 526. The fraction of sp³-hybridized carbons (Fsp3) is 0.333. The first kappa shape index (κ1) is 14.1. The average molecular weight is 275 g/mol. The molecule has 0 bridgehead atoms. The Morgan fingerprint density at radius 3 is 2.90 bits per heavy atom. The first-order chi connectivity index (χ1) is 9.63. The Morgan fingerprint density at radius 2 is 2.20 bits per heavy atom. The fourth-order valence-corrected chi connectivity index (χ4v) is 2.33. The van der Waals surface area contributed by atoms with Gasteiger partial charge in [-0.2, -0.15) is 0 Å². The monoisotopic (exact) mass is 275 g/mol. The quantitative estimate of drug-likeness (QED) is 0.860. The number of aliphatic carboxylic acids is 1. The molecule has 0 aliphatic carbocycles. The van der Waals surface area contributed by atoms with Gasteiger partial charge in [0, 0.05) is 6.54 Å². The molecule has 1 aromatic carbocycles. The Balaban J connectivity index is 2.28. The minimum absolute atomic E-state index is 0.139. The first-order valence-electron chi connectivity index (χ1n) is 6.49. The lowest BCUT2D eigenvalue weighted by molar-refractivity contribution is -0.141. The van der Waals surface area contributed by atoms with Gasteiger partial charge in [0.25, 0.3) is 0 Å². The predicted octanol–water partition coefficient (Wildman–Crippen LogP) is 2.46. The van der Waals surface area contributed by atoms with Crippen molar-refractivity contribution in [2.45, 2.75) is 12.8 Å². The van der Waals surface area contributed by atoms with Crippen LogP contribution in [0.4, 0.5) is 10.5 Å². The predicted molar refractivity (Wildman–Crippen MR) is 74.8 cm³/mol. The van der Waals surface area contributed by atoms with Crippen molar-refractivity contribution in [1.29, 1.82) is 0 Å². The number of rotatable bonds is 3. The van der Waals surface area contributed by atoms with Crippen LogP contribution in [0, 0.1) is 5.92 Å². The molecule has 0 radical (unpaired) electrons. The number of carbonyl (C=O) groups excluding carboxylic acids is 1. The number of hydrogen-bond donors (Lipinski definition) is 1. The number of amides is 1. The molecule has 5 nitrogen and oxygen atoms in total. The van der Waals surface area contributed by atoms with E-state index in [1.165, 1.54) is 11.0 Å². The number of hydrogen-bond acceptors (Lipinski definition) is 3. The van der Waals surface area contributed by atoms with E-state index in [0.717, 1.165) is 11.3 Å². The summed E-state index contributed by atoms with van der Waals surface area (Å²) < 4.78 is 5.06. The second-order valence-electron chi connectivity index (χ2n) is 4.67. The molecule has 1 aromatic rings. The van der Waals surface area contributed by atoms with Crippen LogP contribution in [0.1, 0.15) is 12.0 Å². The van der Waals surface area contributed by atoms with Gasteiger partial charge in [0.2, 0.25) is 0 Å². The van der Waals surface area contributed by atoms with Crippen LogP contribution in [-0.2, 0) is 16.0 Å². The van der Waals surface area contributed by atoms with E-state index in [-0.39, 0.29) is 6.61 Å². The molecule has 0 saturated carbocycles. The van der Waals surface area contributed by atoms with Crippen molar-refractivity contribution in [3.63, 3.8) is 0 Å². The molecule has 1 aliphatic rings. The van der Waals surface area contributed by atoms with Crippen LogP contribution in [-0.4, -0.2) is 30.3 Å². The van der Waals surface area contributed by atoms with Crippen LogP contribution in [0.3, 0.4) is 0 Å². The van der Waals surface area contributed by atoms with Gasteiger partial charge in [-0.25, -0.2) is 4.79 Å². The van der Waals surface area contributed by atoms with E-state index in [2.05, 4.69) is 6.58 Å². The van der Waals surface area contributed by atoms with Gasteiger partial charge in [-0.15, -0.1) is 0 Å². The summed E-state index contributed by atoms with van der Waals surface area (Å²) in [5.74, 6) is -1.31. The van der Waals surface area contributed by atoms with Crippen molar-refractivity contribution in [2.75, 3.05) is 18.1 Å². The molecule has 1 unspecified atom stereocenters. The Labute approximate surface area is 117 Å². The number of carboxylic acids is 1. The second-order valence-corrected chi connectivity index (χ2v) is 4.67. The molecule has 1 aliphatic heterocycles. The molecule has 0 fully saturated rings. The molecule has 0 spiro atoms. The van der Waals surface area contributed by atoms with E-state index >= 15 is 0 Å². The SMILES string of the molecule is C=CCOC(=O)N1CCC(C(=O)O)Cc2ccccc21. The highest BCUT2D eigenvalue weighted by atomic mass is 16.6. The highest BCUT2D eigenvalue weighted by Gasteiger charge is 2.29. The summed E-state index contributed by atoms with van der Waals surface area (Å²) in [5, 5.41) is 9.21. The molecular formula is C15H17NO4. The summed E-state index contributed by atoms with van der Waals surface area (Å²) in [7, 11) is 0. The van der Waals surface area contributed by atoms with Gasteiger partial charge in [-0.3, -0.25) is 9.69 Å². The molecule has 2 rings (SSSR count). The van der Waals surface area contributed by atoms with Crippen LogP contribution < -0.4 is 4.90 Å². The van der Waals surface area contributed by atoms with Crippen LogP contribution in [0.5, 0.6) is 0 Å². The zero-order valence-electron chi connectivity index (χ0n) is 11.1. The zero-order chi connectivity index (χ0) is 14.5. The number of anilines is 1. The third-order valence-corrected chi connectivity index (χ3v) is 3.34. The molecular weight excluding hydrogens is 258 g/mol. The third kappa shape index (κ3) is 2.99. The van der Waals surface area contributed by atoms with E-state index in [9.17, 15) is 14.7 Å². The summed E-state index contributed by atoms with van der Waals surface area (Å²) in [6, 6.07) is 7.34. The summed E-state index contributed by atoms with van der Waals surface area (Å²) in [6.45, 7) is 3.98. The highest BCUT2D eigenvalue weighted by Crippen LogP contribution is 2.29. The standard InChI is InChI=1S/C15H17NO4/c1-2-9-20-15(19)16-8-7-12(14(17)18)10-11-5-3-4-6-13(11)16/h2-6,12H,1,7-10H2,(H,17,18). The van der Waals surface area contributed by atoms with Crippen LogP contribution in [0.25, 0.3) is 0 Å². The number of carbonyl (C=O) groups is 2. The lowest BCUT2D eigenvalue weighted by atomic mass is 9.97. The van der Waals surface area contributed by atoms with Crippen molar-refractivity contribution in [3.05, 3.63) is 42.5 Å². The summed E-state index contributed by atoms with van der Waals surface area (Å²) in [6.07, 6.45) is 1.87.